The van der Waals surface area contributed by atoms with Crippen LogP contribution in [0.4, 0.5) is 0 Å². The van der Waals surface area contributed by atoms with E-state index in [1.807, 2.05) is 0 Å². The summed E-state index contributed by atoms with van der Waals surface area (Å²) in [5, 5.41) is 6.68. The van der Waals surface area contributed by atoms with Gasteiger partial charge in [0.15, 0.2) is 5.96 Å². The molecule has 0 spiro atoms. The van der Waals surface area contributed by atoms with Gasteiger partial charge in [-0.05, 0) is 52.1 Å². The highest BCUT2D eigenvalue weighted by molar-refractivity contribution is 5.97. The predicted molar refractivity (Wildman–Crippen MR) is 116 cm³/mol. The summed E-state index contributed by atoms with van der Waals surface area (Å²) in [6, 6.07) is 0. The van der Waals surface area contributed by atoms with Crippen molar-refractivity contribution in [2.75, 3.05) is 39.3 Å². The number of imide groups is 1. The van der Waals surface area contributed by atoms with Crippen molar-refractivity contribution in [2.24, 2.45) is 4.99 Å². The molecule has 3 aliphatic rings. The van der Waals surface area contributed by atoms with Gasteiger partial charge in [-0.2, -0.15) is 0 Å². The van der Waals surface area contributed by atoms with E-state index in [4.69, 9.17) is 4.99 Å². The molecule has 0 aromatic rings. The molecule has 1 aliphatic carbocycles. The molecule has 3 fully saturated rings. The first kappa shape index (κ1) is 22.1. The molecular weight excluding hydrogens is 366 g/mol. The quantitative estimate of drug-likeness (QED) is 0.386. The lowest BCUT2D eigenvalue weighted by atomic mass is 9.79. The third-order valence-electron chi connectivity index (χ3n) is 6.70. The molecular formula is C22H39N5O2. The summed E-state index contributed by atoms with van der Waals surface area (Å²) in [7, 11) is 0. The van der Waals surface area contributed by atoms with Crippen LogP contribution in [-0.4, -0.2) is 72.4 Å². The van der Waals surface area contributed by atoms with Gasteiger partial charge in [0.25, 0.3) is 0 Å². The fraction of sp³-hybridized carbons (Fsp3) is 0.864. The molecule has 7 heteroatoms. The Morgan fingerprint density at radius 3 is 2.24 bits per heavy atom. The van der Waals surface area contributed by atoms with Crippen molar-refractivity contribution in [2.45, 2.75) is 83.1 Å². The molecule has 2 heterocycles. The van der Waals surface area contributed by atoms with Gasteiger partial charge in [0.2, 0.25) is 11.8 Å². The third-order valence-corrected chi connectivity index (χ3v) is 6.70. The Labute approximate surface area is 175 Å². The van der Waals surface area contributed by atoms with E-state index in [0.29, 0.717) is 32.4 Å². The molecule has 7 nitrogen and oxygen atoms in total. The van der Waals surface area contributed by atoms with Crippen molar-refractivity contribution in [3.05, 3.63) is 0 Å². The summed E-state index contributed by atoms with van der Waals surface area (Å²) < 4.78 is 0. The van der Waals surface area contributed by atoms with Crippen LogP contribution in [0.5, 0.6) is 0 Å². The zero-order chi connectivity index (χ0) is 20.5. The van der Waals surface area contributed by atoms with Gasteiger partial charge in [-0.1, -0.05) is 25.7 Å². The Hall–Kier alpha value is -1.63. The van der Waals surface area contributed by atoms with Crippen molar-refractivity contribution in [3.63, 3.8) is 0 Å². The summed E-state index contributed by atoms with van der Waals surface area (Å²) in [4.78, 5) is 33.0. The van der Waals surface area contributed by atoms with Gasteiger partial charge in [-0.15, -0.1) is 0 Å². The number of hydrogen-bond acceptors (Lipinski definition) is 4. The fourth-order valence-electron chi connectivity index (χ4n) is 5.06. The van der Waals surface area contributed by atoms with Crippen LogP contribution < -0.4 is 10.6 Å². The minimum Gasteiger partial charge on any atom is -0.357 e. The summed E-state index contributed by atoms with van der Waals surface area (Å²) in [6.45, 7) is 7.06. The van der Waals surface area contributed by atoms with Gasteiger partial charge >= 0.3 is 0 Å². The molecule has 3 rings (SSSR count). The standard InChI is InChI=1S/C22H39N5O2/c1-2-23-21(24-14-17-27-19(28)10-9-11-20(27)29)25-18-22(12-5-3-6-13-22)26-15-7-4-8-16-26/h2-18H2,1H3,(H2,23,24,25). The molecule has 1 saturated carbocycles. The Morgan fingerprint density at radius 2 is 1.59 bits per heavy atom. The number of hydrogen-bond donors (Lipinski definition) is 2. The van der Waals surface area contributed by atoms with Crippen molar-refractivity contribution in [1.82, 2.24) is 20.4 Å². The van der Waals surface area contributed by atoms with E-state index in [0.717, 1.165) is 19.0 Å². The molecule has 2 amide bonds. The summed E-state index contributed by atoms with van der Waals surface area (Å²) in [5.41, 5.74) is 0.208. The highest BCUT2D eigenvalue weighted by Crippen LogP contribution is 2.35. The number of piperidine rings is 2. The summed E-state index contributed by atoms with van der Waals surface area (Å²) in [5.74, 6) is 0.707. The van der Waals surface area contributed by atoms with Crippen molar-refractivity contribution in [1.29, 1.82) is 0 Å². The zero-order valence-corrected chi connectivity index (χ0v) is 18.2. The molecule has 2 N–H and O–H groups in total. The van der Waals surface area contributed by atoms with Crippen LogP contribution in [0.15, 0.2) is 4.99 Å². The molecule has 0 radical (unpaired) electrons. The van der Waals surface area contributed by atoms with E-state index in [1.165, 1.54) is 69.4 Å². The molecule has 29 heavy (non-hydrogen) atoms. The van der Waals surface area contributed by atoms with Crippen LogP contribution in [0.2, 0.25) is 0 Å². The van der Waals surface area contributed by atoms with E-state index in [9.17, 15) is 9.59 Å². The first-order valence-electron chi connectivity index (χ1n) is 11.7. The Morgan fingerprint density at radius 1 is 0.931 bits per heavy atom. The maximum atomic E-state index is 12.0. The van der Waals surface area contributed by atoms with Gasteiger partial charge < -0.3 is 10.6 Å². The van der Waals surface area contributed by atoms with Crippen LogP contribution in [0.3, 0.4) is 0 Å². The molecule has 2 aliphatic heterocycles. The lowest BCUT2D eigenvalue weighted by molar-refractivity contribution is -0.147. The van der Waals surface area contributed by atoms with Gasteiger partial charge in [0.05, 0.1) is 6.54 Å². The fourth-order valence-corrected chi connectivity index (χ4v) is 5.06. The highest BCUT2D eigenvalue weighted by atomic mass is 16.2. The van der Waals surface area contributed by atoms with E-state index >= 15 is 0 Å². The lowest BCUT2D eigenvalue weighted by Gasteiger charge is -2.47. The predicted octanol–water partition coefficient (Wildman–Crippen LogP) is 2.27. The largest absolute Gasteiger partial charge is 0.357 e. The molecule has 0 unspecified atom stereocenters. The Kier molecular flexibility index (Phi) is 8.33. The topological polar surface area (TPSA) is 77.0 Å². The number of likely N-dealkylation sites (tertiary alicyclic amines) is 2. The van der Waals surface area contributed by atoms with Crippen LogP contribution in [0.25, 0.3) is 0 Å². The van der Waals surface area contributed by atoms with E-state index in [-0.39, 0.29) is 17.4 Å². The van der Waals surface area contributed by atoms with Gasteiger partial charge in [0.1, 0.15) is 0 Å². The molecule has 0 aromatic carbocycles. The van der Waals surface area contributed by atoms with Crippen LogP contribution in [-0.2, 0) is 9.59 Å². The molecule has 164 valence electrons. The van der Waals surface area contributed by atoms with Crippen molar-refractivity contribution < 1.29 is 9.59 Å². The Bertz CT molecular complexity index is 564. The maximum absolute atomic E-state index is 12.0. The van der Waals surface area contributed by atoms with E-state index in [1.54, 1.807) is 0 Å². The number of aliphatic imine (C=N–C) groups is 1. The van der Waals surface area contributed by atoms with Crippen molar-refractivity contribution in [3.8, 4) is 0 Å². The molecule has 0 aromatic heterocycles. The minimum absolute atomic E-state index is 0.0451. The van der Waals surface area contributed by atoms with Crippen LogP contribution in [0, 0.1) is 0 Å². The maximum Gasteiger partial charge on any atom is 0.229 e. The van der Waals surface area contributed by atoms with Crippen LogP contribution in [0.1, 0.15) is 77.6 Å². The first-order chi connectivity index (χ1) is 14.1. The zero-order valence-electron chi connectivity index (χ0n) is 18.2. The second-order valence-electron chi connectivity index (χ2n) is 8.75. The normalized spacial score (nSPS) is 23.9. The lowest BCUT2D eigenvalue weighted by Crippen LogP contribution is -2.55. The van der Waals surface area contributed by atoms with Crippen LogP contribution >= 0.6 is 0 Å². The van der Waals surface area contributed by atoms with E-state index in [2.05, 4.69) is 22.5 Å². The SMILES string of the molecule is CCNC(=NCC1(N2CCCCC2)CCCCC1)NCCN1C(=O)CCCC1=O. The number of guanidine groups is 1. The van der Waals surface area contributed by atoms with Gasteiger partial charge in [-0.25, -0.2) is 0 Å². The number of rotatable bonds is 7. The third kappa shape index (κ3) is 5.93. The monoisotopic (exact) mass is 405 g/mol. The van der Waals surface area contributed by atoms with E-state index < -0.39 is 0 Å². The average Bonchev–Trinajstić information content (AvgIpc) is 2.75. The molecule has 0 bridgehead atoms. The highest BCUT2D eigenvalue weighted by Gasteiger charge is 2.38. The number of nitrogens with zero attached hydrogens (tertiary/aromatic N) is 3. The smallest absolute Gasteiger partial charge is 0.229 e. The minimum atomic E-state index is -0.0451. The second kappa shape index (κ2) is 11.0. The number of carbonyl (C=O) groups is 2. The Balaban J connectivity index is 1.59. The molecule has 2 saturated heterocycles. The number of amides is 2. The summed E-state index contributed by atoms with van der Waals surface area (Å²) in [6.07, 6.45) is 12.1. The first-order valence-corrected chi connectivity index (χ1v) is 11.7. The second-order valence-corrected chi connectivity index (χ2v) is 8.75. The number of carbonyl (C=O) groups excluding carboxylic acids is 2. The summed E-state index contributed by atoms with van der Waals surface area (Å²) >= 11 is 0. The van der Waals surface area contributed by atoms with Gasteiger partial charge in [0, 0.05) is 38.0 Å². The average molecular weight is 406 g/mol. The van der Waals surface area contributed by atoms with Crippen molar-refractivity contribution >= 4 is 17.8 Å². The molecule has 0 atom stereocenters. The van der Waals surface area contributed by atoms with Gasteiger partial charge in [-0.3, -0.25) is 24.4 Å². The number of nitrogens with one attached hydrogen (secondary N) is 2.